The zero-order chi connectivity index (χ0) is 61.9. The second-order valence-electron chi connectivity index (χ2n) is 23.7. The van der Waals surface area contributed by atoms with Gasteiger partial charge in [-0.1, -0.05) is 166 Å². The molecule has 18 nitrogen and oxygen atoms in total. The van der Waals surface area contributed by atoms with Crippen LogP contribution in [-0.4, -0.2) is 98.8 Å². The number of ketones is 3. The van der Waals surface area contributed by atoms with Crippen molar-refractivity contribution in [3.8, 4) is 22.8 Å². The number of aromatic nitrogens is 12. The van der Waals surface area contributed by atoms with Gasteiger partial charge < -0.3 is 10.6 Å². The van der Waals surface area contributed by atoms with Crippen LogP contribution in [0, 0.1) is 0 Å². The van der Waals surface area contributed by atoms with Crippen LogP contribution in [0.25, 0.3) is 44.6 Å². The molecule has 4 aliphatic rings. The average molecular weight is 1220 g/mol. The number of fused-ring (bicyclic) bond motifs is 9. The number of rotatable bonds is 13. The molecule has 454 valence electrons. The number of carbonyl (C=O) groups excluding carboxylic acids is 3. The Morgan fingerprint density at radius 3 is 1.47 bits per heavy atom. The highest BCUT2D eigenvalue weighted by molar-refractivity contribution is 7.99. The molecule has 2 N–H and O–H groups in total. The maximum absolute atomic E-state index is 13.4. The molecule has 0 amide bonds. The fourth-order valence-electron chi connectivity index (χ4n) is 12.9. The Balaban J connectivity index is 0.000000124. The zero-order valence-corrected chi connectivity index (χ0v) is 51.6. The molecule has 2 saturated carbocycles. The summed E-state index contributed by atoms with van der Waals surface area (Å²) in [4.78, 5) is 67.0. The Morgan fingerprint density at radius 2 is 0.944 bits per heavy atom. The van der Waals surface area contributed by atoms with E-state index in [2.05, 4.69) is 46.8 Å². The van der Waals surface area contributed by atoms with Crippen molar-refractivity contribution in [1.29, 1.82) is 0 Å². The van der Waals surface area contributed by atoms with Gasteiger partial charge in [-0.25, -0.2) is 29.9 Å². The smallest absolute Gasteiger partial charge is 0.223 e. The fourth-order valence-corrected chi connectivity index (χ4v) is 14.3. The van der Waals surface area contributed by atoms with Crippen molar-refractivity contribution in [3.05, 3.63) is 214 Å². The first kappa shape index (κ1) is 59.1. The van der Waals surface area contributed by atoms with Crippen molar-refractivity contribution in [2.45, 2.75) is 113 Å². The van der Waals surface area contributed by atoms with E-state index in [4.69, 9.17) is 15.0 Å². The van der Waals surface area contributed by atoms with Crippen molar-refractivity contribution in [1.82, 2.24) is 59.2 Å². The van der Waals surface area contributed by atoms with Gasteiger partial charge in [0.2, 0.25) is 34.4 Å². The second-order valence-corrected chi connectivity index (χ2v) is 26.0. The molecule has 2 fully saturated rings. The highest BCUT2D eigenvalue weighted by atomic mass is 32.2. The van der Waals surface area contributed by atoms with Crippen LogP contribution < -0.4 is 10.6 Å². The largest absolute Gasteiger partial charge is 0.351 e. The molecule has 6 aromatic heterocycles. The lowest BCUT2D eigenvalue weighted by Gasteiger charge is -2.24. The van der Waals surface area contributed by atoms with E-state index < -0.39 is 9.52 Å². The topological polar surface area (TPSA) is 223 Å². The Bertz CT molecular complexity index is 4590. The van der Waals surface area contributed by atoms with Crippen LogP contribution in [0.15, 0.2) is 157 Å². The molecule has 15 rings (SSSR count). The monoisotopic (exact) mass is 1210 g/mol. The molecular weight excluding hydrogens is 1140 g/mol. The lowest BCUT2D eigenvalue weighted by atomic mass is 9.91. The van der Waals surface area contributed by atoms with Crippen LogP contribution >= 0.6 is 0 Å². The Morgan fingerprint density at radius 1 is 0.500 bits per heavy atom. The molecule has 0 spiro atoms. The van der Waals surface area contributed by atoms with Crippen LogP contribution in [-0.2, 0) is 62.1 Å². The van der Waals surface area contributed by atoms with Gasteiger partial charge >= 0.3 is 0 Å². The molecule has 0 radical (unpaired) electrons. The molecule has 19 heteroatoms. The van der Waals surface area contributed by atoms with Gasteiger partial charge in [0.25, 0.3) is 0 Å². The van der Waals surface area contributed by atoms with Crippen molar-refractivity contribution < 1.29 is 18.6 Å². The molecule has 6 heterocycles. The minimum Gasteiger partial charge on any atom is -0.351 e. The summed E-state index contributed by atoms with van der Waals surface area (Å²) in [5.41, 5.74) is 13.2. The summed E-state index contributed by atoms with van der Waals surface area (Å²) < 4.78 is 18.7. The highest BCUT2D eigenvalue weighted by Crippen LogP contribution is 2.37. The van der Waals surface area contributed by atoms with Gasteiger partial charge in [0.15, 0.2) is 0 Å². The molecule has 0 aliphatic heterocycles. The number of benzene rings is 5. The maximum atomic E-state index is 13.4. The van der Waals surface area contributed by atoms with Gasteiger partial charge in [-0.2, -0.15) is 15.3 Å². The van der Waals surface area contributed by atoms with Crippen LogP contribution in [0.3, 0.4) is 0 Å². The number of aryl methyl sites for hydroxylation is 5. The predicted molar refractivity (Wildman–Crippen MR) is 351 cm³/mol. The normalized spacial score (nSPS) is 15.1. The Hall–Kier alpha value is -9.88. The summed E-state index contributed by atoms with van der Waals surface area (Å²) in [6.45, 7) is 0. The van der Waals surface area contributed by atoms with Gasteiger partial charge in [-0.05, 0) is 80.0 Å². The summed E-state index contributed by atoms with van der Waals surface area (Å²) in [7, 11) is 2.83. The number of hydrogen-bond acceptors (Lipinski definition) is 15. The predicted octanol–water partition coefficient (Wildman–Crippen LogP) is 11.9. The number of hydrogen-bond donors (Lipinski definition) is 2. The maximum Gasteiger partial charge on any atom is 0.223 e. The van der Waals surface area contributed by atoms with Gasteiger partial charge in [0.1, 0.15) is 22.6 Å². The molecule has 0 bridgehead atoms. The molecule has 0 saturated heterocycles. The molecule has 4 aliphatic carbocycles. The summed E-state index contributed by atoms with van der Waals surface area (Å²) in [6.07, 6.45) is 20.8. The molecule has 1 unspecified atom stereocenters. The molecule has 90 heavy (non-hydrogen) atoms. The molecule has 1 atom stereocenters. The summed E-state index contributed by atoms with van der Waals surface area (Å²) >= 11 is 0. The van der Waals surface area contributed by atoms with Crippen molar-refractivity contribution in [2.24, 2.45) is 21.1 Å². The standard InChI is InChI=1S/C25H22N4O2S.C23H25N5O.C23H23N5O/c1-29-23-20(22(28-29)24(30)18-11-7-4-8-12-18)14-13-19-15-26-25(27-21(19)23)32(2,31)16-17-9-5-3-6-10-17;2*1-28-21-18(20(27-28)22(29)15-8-4-2-5-9-15)13-12-16-14-24-23(26-19(16)21)25-17-10-6-3-7-11-17/h3-12,15H,2,13-14,16H2,1H3;2,4-5,8-9,14,17H,3,6-7,10-13H2,1H3,(H,24,25,26);2,4-5,8-9,12-14,17H,3,6-7,10-11H2,1H3,(H,24,25,26). The Labute approximate surface area is 522 Å². The van der Waals surface area contributed by atoms with Crippen LogP contribution in [0.5, 0.6) is 0 Å². The van der Waals surface area contributed by atoms with E-state index in [0.29, 0.717) is 76.3 Å². The van der Waals surface area contributed by atoms with Crippen LogP contribution in [0.4, 0.5) is 11.9 Å². The highest BCUT2D eigenvalue weighted by Gasteiger charge is 2.32. The minimum atomic E-state index is -2.73. The first-order valence-corrected chi connectivity index (χ1v) is 32.9. The van der Waals surface area contributed by atoms with E-state index in [0.717, 1.165) is 92.4 Å². The average Bonchev–Trinajstić information content (AvgIpc) is 1.63. The molecule has 5 aromatic carbocycles. The number of nitrogens with zero attached hydrogens (tertiary/aromatic N) is 12. The van der Waals surface area contributed by atoms with Gasteiger partial charge in [0.05, 0.1) is 28.3 Å². The third-order valence-corrected chi connectivity index (χ3v) is 19.2. The van der Waals surface area contributed by atoms with Crippen molar-refractivity contribution in [3.63, 3.8) is 0 Å². The fraction of sp³-hybridized carbons (Fsp3) is 0.282. The first-order valence-electron chi connectivity index (χ1n) is 31.0. The SMILES string of the molecule is C=S(=O)(Cc1ccccc1)c1ncc2c(n1)-c1c(c(C(=O)c3ccccc3)nn1C)CC2.Cn1nc(C(=O)c2ccccc2)c2c1-c1nc(NC3CCCCC3)ncc1CC2.Cn1nc(C(=O)c2ccccc2)c2ccc3cnc(NC4CCCCC4)nc3c21. The van der Waals surface area contributed by atoms with Crippen molar-refractivity contribution in [2.75, 3.05) is 10.6 Å². The van der Waals surface area contributed by atoms with Crippen molar-refractivity contribution >= 4 is 66.4 Å². The number of carbonyl (C=O) groups is 3. The van der Waals surface area contributed by atoms with Crippen LogP contribution in [0.2, 0.25) is 0 Å². The Kier molecular flexibility index (Phi) is 16.9. The van der Waals surface area contributed by atoms with Gasteiger partial charge in [-0.15, -0.1) is 0 Å². The van der Waals surface area contributed by atoms with Crippen LogP contribution in [0.1, 0.15) is 140 Å². The number of anilines is 2. The first-order chi connectivity index (χ1) is 43.8. The lowest BCUT2D eigenvalue weighted by molar-refractivity contribution is 0.102. The summed E-state index contributed by atoms with van der Waals surface area (Å²) in [5, 5.41) is 22.7. The molecular formula is C71H70N14O4S. The second kappa shape index (κ2) is 25.7. The number of nitrogens with one attached hydrogen (secondary N) is 2. The minimum absolute atomic E-state index is 0.0273. The third-order valence-electron chi connectivity index (χ3n) is 17.5. The van der Waals surface area contributed by atoms with E-state index in [9.17, 15) is 18.6 Å². The van der Waals surface area contributed by atoms with Gasteiger partial charge in [-0.3, -0.25) is 32.6 Å². The summed E-state index contributed by atoms with van der Waals surface area (Å²) in [6, 6.07) is 42.2. The molecule has 11 aromatic rings. The zero-order valence-electron chi connectivity index (χ0n) is 50.8. The van der Waals surface area contributed by atoms with E-state index in [1.807, 2.05) is 155 Å². The summed E-state index contributed by atoms with van der Waals surface area (Å²) in [5.74, 6) is 5.34. The van der Waals surface area contributed by atoms with E-state index in [1.54, 1.807) is 32.4 Å². The lowest BCUT2D eigenvalue weighted by Crippen LogP contribution is -2.24. The van der Waals surface area contributed by atoms with E-state index in [1.165, 1.54) is 51.4 Å². The van der Waals surface area contributed by atoms with Gasteiger partial charge in [0, 0.05) is 106 Å². The quantitative estimate of drug-likeness (QED) is 0.0622. The van der Waals surface area contributed by atoms with E-state index in [-0.39, 0.29) is 28.3 Å². The third kappa shape index (κ3) is 12.2. The van der Waals surface area contributed by atoms with E-state index >= 15 is 0 Å².